The van der Waals surface area contributed by atoms with Gasteiger partial charge in [-0.05, 0) is 12.1 Å². The lowest BCUT2D eigenvalue weighted by Gasteiger charge is -2.04. The van der Waals surface area contributed by atoms with Crippen molar-refractivity contribution >= 4 is 40.6 Å². The van der Waals surface area contributed by atoms with Crippen molar-refractivity contribution in [3.8, 4) is 11.4 Å². The van der Waals surface area contributed by atoms with E-state index in [1.807, 2.05) is 0 Å². The molecular formula is C9H5Cl3N4. The molecular weight excluding hydrogens is 270 g/mol. The van der Waals surface area contributed by atoms with Gasteiger partial charge in [-0.2, -0.15) is 0 Å². The van der Waals surface area contributed by atoms with Crippen LogP contribution < -0.4 is 5.73 Å². The quantitative estimate of drug-likeness (QED) is 0.868. The van der Waals surface area contributed by atoms with Crippen LogP contribution >= 0.6 is 34.8 Å². The molecule has 0 spiro atoms. The Hall–Kier alpha value is -1.10. The molecule has 2 aromatic rings. The fourth-order valence-corrected chi connectivity index (χ4v) is 1.48. The van der Waals surface area contributed by atoms with Crippen molar-refractivity contribution < 1.29 is 0 Å². The summed E-state index contributed by atoms with van der Waals surface area (Å²) in [4.78, 5) is 11.9. The number of pyridine rings is 1. The minimum absolute atomic E-state index is 0.0666. The highest BCUT2D eigenvalue weighted by Crippen LogP contribution is 2.26. The average molecular weight is 276 g/mol. The van der Waals surface area contributed by atoms with Gasteiger partial charge in [-0.15, -0.1) is 0 Å². The first-order valence-corrected chi connectivity index (χ1v) is 5.32. The highest BCUT2D eigenvalue weighted by atomic mass is 35.5. The molecule has 0 fully saturated rings. The topological polar surface area (TPSA) is 64.7 Å². The molecule has 0 aromatic carbocycles. The maximum atomic E-state index is 5.75. The van der Waals surface area contributed by atoms with Crippen molar-refractivity contribution in [2.24, 2.45) is 0 Å². The fourth-order valence-electron chi connectivity index (χ4n) is 1.11. The molecule has 2 rings (SSSR count). The van der Waals surface area contributed by atoms with E-state index in [2.05, 4.69) is 15.0 Å². The Morgan fingerprint density at radius 1 is 1.00 bits per heavy atom. The van der Waals surface area contributed by atoms with Crippen LogP contribution in [0.2, 0.25) is 15.3 Å². The Morgan fingerprint density at radius 2 is 1.69 bits per heavy atom. The van der Waals surface area contributed by atoms with E-state index >= 15 is 0 Å². The zero-order valence-electron chi connectivity index (χ0n) is 7.78. The summed E-state index contributed by atoms with van der Waals surface area (Å²) < 4.78 is 0. The summed E-state index contributed by atoms with van der Waals surface area (Å²) >= 11 is 17.1. The molecule has 0 amide bonds. The highest BCUT2D eigenvalue weighted by molar-refractivity contribution is 6.40. The van der Waals surface area contributed by atoms with E-state index in [0.717, 1.165) is 0 Å². The van der Waals surface area contributed by atoms with E-state index in [1.54, 1.807) is 12.1 Å². The summed E-state index contributed by atoms with van der Waals surface area (Å²) in [7, 11) is 0. The summed E-state index contributed by atoms with van der Waals surface area (Å²) in [6, 6.07) is 3.35. The Bertz CT molecular complexity index is 527. The molecule has 7 heteroatoms. The molecule has 0 aliphatic carbocycles. The van der Waals surface area contributed by atoms with E-state index in [1.165, 1.54) is 6.20 Å². The molecule has 0 saturated heterocycles. The molecule has 82 valence electrons. The van der Waals surface area contributed by atoms with Crippen LogP contribution in [0.5, 0.6) is 0 Å². The van der Waals surface area contributed by atoms with Gasteiger partial charge in [0.05, 0.1) is 10.7 Å². The van der Waals surface area contributed by atoms with Gasteiger partial charge in [0.15, 0.2) is 16.1 Å². The van der Waals surface area contributed by atoms with Crippen molar-refractivity contribution in [1.82, 2.24) is 15.0 Å². The molecule has 2 N–H and O–H groups in total. The number of halogens is 3. The number of aromatic nitrogens is 3. The van der Waals surface area contributed by atoms with Gasteiger partial charge in [-0.25, -0.2) is 9.97 Å². The van der Waals surface area contributed by atoms with Gasteiger partial charge in [0.2, 0.25) is 0 Å². The predicted octanol–water partition coefficient (Wildman–Crippen LogP) is 3.08. The molecule has 0 aliphatic heterocycles. The fraction of sp³-hybridized carbons (Fsp3) is 0. The first-order chi connectivity index (χ1) is 7.58. The van der Waals surface area contributed by atoms with Crippen LogP contribution in [-0.2, 0) is 0 Å². The van der Waals surface area contributed by atoms with Gasteiger partial charge >= 0.3 is 0 Å². The van der Waals surface area contributed by atoms with E-state index in [-0.39, 0.29) is 16.1 Å². The standard InChI is InChI=1S/C9H5Cl3N4/c10-4-1-2-5(14-3-4)6-9(13)16-8(12)7(11)15-6/h1-3H,(H2,13,16). The maximum Gasteiger partial charge on any atom is 0.168 e. The minimum Gasteiger partial charge on any atom is -0.382 e. The number of nitrogens with two attached hydrogens (primary N) is 1. The van der Waals surface area contributed by atoms with Crippen molar-refractivity contribution in [3.05, 3.63) is 33.7 Å². The molecule has 2 aromatic heterocycles. The van der Waals surface area contributed by atoms with Gasteiger partial charge in [0, 0.05) is 6.20 Å². The van der Waals surface area contributed by atoms with Gasteiger partial charge < -0.3 is 5.73 Å². The molecule has 0 atom stereocenters. The zero-order chi connectivity index (χ0) is 11.7. The van der Waals surface area contributed by atoms with Gasteiger partial charge in [0.1, 0.15) is 5.69 Å². The summed E-state index contributed by atoms with van der Waals surface area (Å²) in [5, 5.41) is 0.676. The summed E-state index contributed by atoms with van der Waals surface area (Å²) in [6.45, 7) is 0. The van der Waals surface area contributed by atoms with Crippen molar-refractivity contribution in [1.29, 1.82) is 0 Å². The van der Waals surface area contributed by atoms with E-state index in [9.17, 15) is 0 Å². The second-order valence-corrected chi connectivity index (χ2v) is 4.05. The smallest absolute Gasteiger partial charge is 0.168 e. The molecule has 0 unspecified atom stereocenters. The maximum absolute atomic E-state index is 5.75. The third-order valence-corrected chi connectivity index (χ3v) is 2.66. The zero-order valence-corrected chi connectivity index (χ0v) is 10.1. The van der Waals surface area contributed by atoms with E-state index in [0.29, 0.717) is 16.4 Å². The average Bonchev–Trinajstić information content (AvgIpc) is 2.25. The Morgan fingerprint density at radius 3 is 2.31 bits per heavy atom. The number of hydrogen-bond donors (Lipinski definition) is 1. The highest BCUT2D eigenvalue weighted by Gasteiger charge is 2.11. The van der Waals surface area contributed by atoms with Crippen LogP contribution in [0, 0.1) is 0 Å². The van der Waals surface area contributed by atoms with Crippen LogP contribution in [0.15, 0.2) is 18.3 Å². The number of anilines is 1. The third-order valence-electron chi connectivity index (χ3n) is 1.81. The number of rotatable bonds is 1. The van der Waals surface area contributed by atoms with Crippen LogP contribution in [-0.4, -0.2) is 15.0 Å². The SMILES string of the molecule is Nc1nc(Cl)c(Cl)nc1-c1ccc(Cl)cn1. The molecule has 0 saturated carbocycles. The summed E-state index contributed by atoms with van der Waals surface area (Å²) in [5.41, 5.74) is 6.59. The van der Waals surface area contributed by atoms with E-state index in [4.69, 9.17) is 40.5 Å². The monoisotopic (exact) mass is 274 g/mol. The molecule has 0 bridgehead atoms. The van der Waals surface area contributed by atoms with E-state index < -0.39 is 0 Å². The third kappa shape index (κ3) is 2.19. The van der Waals surface area contributed by atoms with Crippen molar-refractivity contribution in [2.75, 3.05) is 5.73 Å². The van der Waals surface area contributed by atoms with Gasteiger partial charge in [0.25, 0.3) is 0 Å². The first-order valence-electron chi connectivity index (χ1n) is 4.18. The normalized spacial score (nSPS) is 10.4. The van der Waals surface area contributed by atoms with Crippen LogP contribution in [0.25, 0.3) is 11.4 Å². The summed E-state index contributed by atoms with van der Waals surface area (Å²) in [6.07, 6.45) is 1.49. The van der Waals surface area contributed by atoms with Gasteiger partial charge in [-0.1, -0.05) is 34.8 Å². The second-order valence-electron chi connectivity index (χ2n) is 2.90. The number of hydrogen-bond acceptors (Lipinski definition) is 4. The largest absolute Gasteiger partial charge is 0.382 e. The second kappa shape index (κ2) is 4.41. The van der Waals surface area contributed by atoms with Gasteiger partial charge in [-0.3, -0.25) is 4.98 Å². The Balaban J connectivity index is 2.56. The lowest BCUT2D eigenvalue weighted by molar-refractivity contribution is 1.18. The molecule has 4 nitrogen and oxygen atoms in total. The minimum atomic E-state index is 0.0666. The molecule has 2 heterocycles. The summed E-state index contributed by atoms with van der Waals surface area (Å²) in [5.74, 6) is 0.171. The first kappa shape index (κ1) is 11.4. The predicted molar refractivity (Wildman–Crippen MR) is 64.7 cm³/mol. The van der Waals surface area contributed by atoms with Crippen LogP contribution in [0.1, 0.15) is 0 Å². The van der Waals surface area contributed by atoms with Crippen LogP contribution in [0.4, 0.5) is 5.82 Å². The lowest BCUT2D eigenvalue weighted by Crippen LogP contribution is -1.99. The number of nitrogens with zero attached hydrogens (tertiary/aromatic N) is 3. The van der Waals surface area contributed by atoms with Crippen LogP contribution in [0.3, 0.4) is 0 Å². The lowest BCUT2D eigenvalue weighted by atomic mass is 10.2. The molecule has 0 aliphatic rings. The molecule has 0 radical (unpaired) electrons. The number of nitrogen functional groups attached to an aromatic ring is 1. The van der Waals surface area contributed by atoms with Crippen molar-refractivity contribution in [3.63, 3.8) is 0 Å². The Labute approximate surface area is 106 Å². The van der Waals surface area contributed by atoms with Crippen molar-refractivity contribution in [2.45, 2.75) is 0 Å². The Kier molecular flexibility index (Phi) is 3.14. The molecule has 16 heavy (non-hydrogen) atoms.